The first-order chi connectivity index (χ1) is 14.4. The molecule has 3 N–H and O–H groups in total. The van der Waals surface area contributed by atoms with E-state index in [2.05, 4.69) is 15.4 Å². The van der Waals surface area contributed by atoms with E-state index in [1.54, 1.807) is 36.4 Å². The first-order valence-corrected chi connectivity index (χ1v) is 12.2. The molecule has 4 rings (SSSR count). The quantitative estimate of drug-likeness (QED) is 0.540. The molecule has 2 bridgehead atoms. The Bertz CT molecular complexity index is 1060. The zero-order valence-corrected chi connectivity index (χ0v) is 18.9. The Morgan fingerprint density at radius 2 is 1.97 bits per heavy atom. The van der Waals surface area contributed by atoms with Crippen LogP contribution in [0.15, 0.2) is 47.4 Å². The molecular weight excluding hydrogens is 442 g/mol. The maximum atomic E-state index is 13.0. The van der Waals surface area contributed by atoms with Crippen molar-refractivity contribution in [3.8, 4) is 5.75 Å². The Balaban J connectivity index is 1.49. The van der Waals surface area contributed by atoms with Crippen molar-refractivity contribution in [2.75, 3.05) is 17.1 Å². The summed E-state index contributed by atoms with van der Waals surface area (Å²) in [5.74, 6) is 1.91. The minimum atomic E-state index is -3.93. The van der Waals surface area contributed by atoms with Gasteiger partial charge in [-0.15, -0.1) is 0 Å². The summed E-state index contributed by atoms with van der Waals surface area (Å²) in [7, 11) is -2.45. The van der Waals surface area contributed by atoms with E-state index in [0.29, 0.717) is 34.2 Å². The van der Waals surface area contributed by atoms with Gasteiger partial charge in [-0.05, 0) is 73.6 Å². The minimum absolute atomic E-state index is 0.0391. The average Bonchev–Trinajstić information content (AvgIpc) is 3.32. The summed E-state index contributed by atoms with van der Waals surface area (Å²) in [5, 5.41) is 7.11. The van der Waals surface area contributed by atoms with Gasteiger partial charge >= 0.3 is 0 Å². The number of hydrogen-bond donors (Lipinski definition) is 3. The molecular formula is C21H24ClN3O3S2. The highest BCUT2D eigenvalue weighted by Crippen LogP contribution is 2.44. The molecule has 2 aliphatic rings. The van der Waals surface area contributed by atoms with Crippen molar-refractivity contribution in [3.63, 3.8) is 0 Å². The normalized spacial score (nSPS) is 22.5. The Morgan fingerprint density at radius 3 is 2.67 bits per heavy atom. The van der Waals surface area contributed by atoms with Gasteiger partial charge in [0.2, 0.25) is 0 Å². The molecule has 0 spiro atoms. The molecule has 2 saturated carbocycles. The van der Waals surface area contributed by atoms with Gasteiger partial charge in [0.25, 0.3) is 10.0 Å². The lowest BCUT2D eigenvalue weighted by Crippen LogP contribution is -2.40. The Hall–Kier alpha value is -2.03. The third kappa shape index (κ3) is 4.50. The van der Waals surface area contributed by atoms with Gasteiger partial charge in [-0.1, -0.05) is 30.2 Å². The molecule has 0 saturated heterocycles. The van der Waals surface area contributed by atoms with Crippen LogP contribution in [0.25, 0.3) is 0 Å². The number of nitrogens with one attached hydrogen (secondary N) is 3. The Labute approximate surface area is 187 Å². The first-order valence-electron chi connectivity index (χ1n) is 9.88. The summed E-state index contributed by atoms with van der Waals surface area (Å²) < 4.78 is 33.7. The maximum absolute atomic E-state index is 13.0. The highest BCUT2D eigenvalue weighted by molar-refractivity contribution is 7.92. The van der Waals surface area contributed by atoms with E-state index in [4.69, 9.17) is 28.6 Å². The van der Waals surface area contributed by atoms with E-state index in [0.717, 1.165) is 12.3 Å². The van der Waals surface area contributed by atoms with E-state index in [1.807, 2.05) is 0 Å². The van der Waals surface area contributed by atoms with Crippen LogP contribution in [0.2, 0.25) is 5.02 Å². The topological polar surface area (TPSA) is 79.5 Å². The van der Waals surface area contributed by atoms with Crippen molar-refractivity contribution in [2.45, 2.75) is 36.6 Å². The lowest BCUT2D eigenvalue weighted by molar-refractivity contribution is 0.392. The number of methoxy groups -OCH3 is 1. The van der Waals surface area contributed by atoms with Crippen molar-refractivity contribution in [2.24, 2.45) is 11.8 Å². The predicted molar refractivity (Wildman–Crippen MR) is 124 cm³/mol. The lowest BCUT2D eigenvalue weighted by Gasteiger charge is -2.24. The third-order valence-corrected chi connectivity index (χ3v) is 7.95. The van der Waals surface area contributed by atoms with Crippen LogP contribution < -0.4 is 20.1 Å². The van der Waals surface area contributed by atoms with Crippen LogP contribution in [0.1, 0.15) is 25.7 Å². The van der Waals surface area contributed by atoms with Crippen molar-refractivity contribution in [3.05, 3.63) is 47.5 Å². The van der Waals surface area contributed by atoms with E-state index >= 15 is 0 Å². The standard InChI is InChI=1S/C21H24ClN3O3S2/c1-28-19-5-3-2-4-17(19)25-30(26,27)20-12-15(8-9-16(20)22)23-21(29)24-18-11-13-6-7-14(18)10-13/h2-5,8-9,12-14,18,25H,6-7,10-11H2,1H3,(H2,23,24,29). The zero-order chi connectivity index (χ0) is 21.3. The average molecular weight is 466 g/mol. The summed E-state index contributed by atoms with van der Waals surface area (Å²) in [6.45, 7) is 0. The van der Waals surface area contributed by atoms with Gasteiger partial charge in [0, 0.05) is 11.7 Å². The molecule has 2 aromatic carbocycles. The second-order valence-electron chi connectivity index (χ2n) is 7.83. The maximum Gasteiger partial charge on any atom is 0.263 e. The van der Waals surface area contributed by atoms with Gasteiger partial charge in [-0.3, -0.25) is 4.72 Å². The van der Waals surface area contributed by atoms with Gasteiger partial charge in [0.15, 0.2) is 5.11 Å². The van der Waals surface area contributed by atoms with Crippen LogP contribution in [-0.4, -0.2) is 26.7 Å². The van der Waals surface area contributed by atoms with Gasteiger partial charge in [0.05, 0.1) is 17.8 Å². The highest BCUT2D eigenvalue weighted by atomic mass is 35.5. The largest absolute Gasteiger partial charge is 0.495 e. The number of anilines is 2. The smallest absolute Gasteiger partial charge is 0.263 e. The third-order valence-electron chi connectivity index (χ3n) is 5.88. The van der Waals surface area contributed by atoms with Crippen LogP contribution in [0.4, 0.5) is 11.4 Å². The molecule has 9 heteroatoms. The van der Waals surface area contributed by atoms with E-state index < -0.39 is 10.0 Å². The van der Waals surface area contributed by atoms with E-state index in [-0.39, 0.29) is 9.92 Å². The highest BCUT2D eigenvalue weighted by Gasteiger charge is 2.39. The van der Waals surface area contributed by atoms with Crippen LogP contribution in [0.5, 0.6) is 5.75 Å². The van der Waals surface area contributed by atoms with Gasteiger partial charge in [-0.25, -0.2) is 8.42 Å². The number of fused-ring (bicyclic) bond motifs is 2. The van der Waals surface area contributed by atoms with Crippen molar-refractivity contribution in [1.29, 1.82) is 0 Å². The second kappa shape index (κ2) is 8.61. The molecule has 160 valence electrons. The molecule has 0 radical (unpaired) electrons. The number of sulfonamides is 1. The fourth-order valence-electron chi connectivity index (χ4n) is 4.47. The Kier molecular flexibility index (Phi) is 6.09. The molecule has 0 aromatic heterocycles. The number of thiocarbonyl (C=S) groups is 1. The number of hydrogen-bond acceptors (Lipinski definition) is 4. The molecule has 2 fully saturated rings. The molecule has 2 aromatic rings. The van der Waals surface area contributed by atoms with Gasteiger partial charge in [0.1, 0.15) is 10.6 Å². The fourth-order valence-corrected chi connectivity index (χ4v) is 6.34. The number of halogens is 1. The summed E-state index contributed by atoms with van der Waals surface area (Å²) in [4.78, 5) is -0.0391. The van der Waals surface area contributed by atoms with Crippen LogP contribution in [-0.2, 0) is 10.0 Å². The van der Waals surface area contributed by atoms with E-state index in [9.17, 15) is 8.42 Å². The second-order valence-corrected chi connectivity index (χ2v) is 10.3. The fraction of sp³-hybridized carbons (Fsp3) is 0.381. The van der Waals surface area contributed by atoms with Crippen LogP contribution >= 0.6 is 23.8 Å². The van der Waals surface area contributed by atoms with Crippen LogP contribution in [0, 0.1) is 11.8 Å². The zero-order valence-electron chi connectivity index (χ0n) is 16.5. The number of rotatable bonds is 6. The summed E-state index contributed by atoms with van der Waals surface area (Å²) in [6.07, 6.45) is 5.00. The molecule has 0 amide bonds. The molecule has 0 heterocycles. The summed E-state index contributed by atoms with van der Waals surface area (Å²) >= 11 is 11.7. The van der Waals surface area contributed by atoms with Crippen LogP contribution in [0.3, 0.4) is 0 Å². The van der Waals surface area contributed by atoms with Gasteiger partial charge in [-0.2, -0.15) is 0 Å². The van der Waals surface area contributed by atoms with Crippen molar-refractivity contribution < 1.29 is 13.2 Å². The summed E-state index contributed by atoms with van der Waals surface area (Å²) in [6, 6.07) is 11.9. The SMILES string of the molecule is COc1ccccc1NS(=O)(=O)c1cc(NC(=S)NC2CC3CCC2C3)ccc1Cl. The first kappa shape index (κ1) is 21.2. The Morgan fingerprint density at radius 1 is 1.17 bits per heavy atom. The van der Waals surface area contributed by atoms with Crippen molar-refractivity contribution in [1.82, 2.24) is 5.32 Å². The number of para-hydroxylation sites is 2. The summed E-state index contributed by atoms with van der Waals surface area (Å²) in [5.41, 5.74) is 0.892. The van der Waals surface area contributed by atoms with E-state index in [1.165, 1.54) is 32.4 Å². The van der Waals surface area contributed by atoms with Gasteiger partial charge < -0.3 is 15.4 Å². The predicted octanol–water partition coefficient (Wildman–Crippen LogP) is 4.62. The number of benzene rings is 2. The molecule has 2 aliphatic carbocycles. The van der Waals surface area contributed by atoms with Crippen molar-refractivity contribution >= 4 is 50.3 Å². The monoisotopic (exact) mass is 465 g/mol. The molecule has 3 unspecified atom stereocenters. The molecule has 6 nitrogen and oxygen atoms in total. The number of ether oxygens (including phenoxy) is 1. The molecule has 3 atom stereocenters. The molecule has 30 heavy (non-hydrogen) atoms. The lowest BCUT2D eigenvalue weighted by atomic mass is 9.96. The minimum Gasteiger partial charge on any atom is -0.495 e. The molecule has 0 aliphatic heterocycles.